The number of hydrogen-bond acceptors (Lipinski definition) is 4. The fraction of sp³-hybridized carbons (Fsp3) is 0.105. The van der Waals surface area contributed by atoms with Crippen molar-refractivity contribution in [3.63, 3.8) is 0 Å². The van der Waals surface area contributed by atoms with Gasteiger partial charge >= 0.3 is 5.97 Å². The first kappa shape index (κ1) is 15.6. The highest BCUT2D eigenvalue weighted by Crippen LogP contribution is 2.25. The Morgan fingerprint density at radius 2 is 2.08 bits per heavy atom. The van der Waals surface area contributed by atoms with Crippen LogP contribution in [0.2, 0.25) is 5.02 Å². The van der Waals surface area contributed by atoms with Crippen molar-refractivity contribution in [3.8, 4) is 5.82 Å². The van der Waals surface area contributed by atoms with Crippen LogP contribution >= 0.6 is 11.6 Å². The third kappa shape index (κ3) is 2.72. The smallest absolute Gasteiger partial charge is 0.338 e. The molecular weight excluding hydrogens is 338 g/mol. The summed E-state index contributed by atoms with van der Waals surface area (Å²) in [6.45, 7) is 2.12. The summed E-state index contributed by atoms with van der Waals surface area (Å²) >= 11 is 6.26. The summed E-state index contributed by atoms with van der Waals surface area (Å²) in [7, 11) is 0. The predicted octanol–water partition coefficient (Wildman–Crippen LogP) is 4.40. The Hall–Kier alpha value is -2.92. The van der Waals surface area contributed by atoms with Gasteiger partial charge in [-0.3, -0.25) is 4.57 Å². The normalized spacial score (nSPS) is 11.1. The van der Waals surface area contributed by atoms with E-state index in [-0.39, 0.29) is 5.97 Å². The standard InChI is InChI=1S/C19H14ClN3O2/c1-2-25-19(24)13-6-8-15-16(10-13)23(11-21-15)17-9-7-12-4-3-5-14(20)18(12)22-17/h3-11H,2H2,1H3. The van der Waals surface area contributed by atoms with Gasteiger partial charge in [-0.05, 0) is 43.3 Å². The van der Waals surface area contributed by atoms with Crippen molar-refractivity contribution in [1.29, 1.82) is 0 Å². The first-order valence-corrected chi connectivity index (χ1v) is 8.25. The number of nitrogens with zero attached hydrogens (tertiary/aromatic N) is 3. The number of halogens is 1. The monoisotopic (exact) mass is 351 g/mol. The topological polar surface area (TPSA) is 57.0 Å². The van der Waals surface area contributed by atoms with Crippen molar-refractivity contribution in [2.75, 3.05) is 6.61 Å². The number of imidazole rings is 1. The molecule has 2 aromatic carbocycles. The van der Waals surface area contributed by atoms with Crippen LogP contribution in [-0.2, 0) is 4.74 Å². The van der Waals surface area contributed by atoms with Crippen molar-refractivity contribution in [2.45, 2.75) is 6.92 Å². The third-order valence-corrected chi connectivity index (χ3v) is 4.27. The van der Waals surface area contributed by atoms with Gasteiger partial charge in [0.2, 0.25) is 0 Å². The molecule has 4 aromatic rings. The highest BCUT2D eigenvalue weighted by Gasteiger charge is 2.12. The Kier molecular flexibility index (Phi) is 3.86. The number of benzene rings is 2. The summed E-state index contributed by atoms with van der Waals surface area (Å²) in [5, 5.41) is 1.56. The van der Waals surface area contributed by atoms with Gasteiger partial charge in [0.25, 0.3) is 0 Å². The van der Waals surface area contributed by atoms with Crippen LogP contribution in [0.4, 0.5) is 0 Å². The molecule has 0 saturated heterocycles. The van der Waals surface area contributed by atoms with Gasteiger partial charge in [0, 0.05) is 5.39 Å². The largest absolute Gasteiger partial charge is 0.462 e. The molecule has 0 spiro atoms. The van der Waals surface area contributed by atoms with Gasteiger partial charge in [-0.15, -0.1) is 0 Å². The molecule has 0 aliphatic carbocycles. The fourth-order valence-corrected chi connectivity index (χ4v) is 2.99. The lowest BCUT2D eigenvalue weighted by atomic mass is 10.2. The second kappa shape index (κ2) is 6.18. The molecule has 0 amide bonds. The van der Waals surface area contributed by atoms with E-state index >= 15 is 0 Å². The van der Waals surface area contributed by atoms with Gasteiger partial charge in [0.1, 0.15) is 12.1 Å². The summed E-state index contributed by atoms with van der Waals surface area (Å²) in [6.07, 6.45) is 1.69. The van der Waals surface area contributed by atoms with Crippen LogP contribution in [0.15, 0.2) is 54.9 Å². The molecule has 0 aliphatic heterocycles. The van der Waals surface area contributed by atoms with Gasteiger partial charge in [-0.2, -0.15) is 0 Å². The maximum atomic E-state index is 12.0. The van der Waals surface area contributed by atoms with Gasteiger partial charge in [-0.1, -0.05) is 23.7 Å². The van der Waals surface area contributed by atoms with Crippen molar-refractivity contribution in [1.82, 2.24) is 14.5 Å². The van der Waals surface area contributed by atoms with Crippen LogP contribution in [0.25, 0.3) is 27.8 Å². The first-order chi connectivity index (χ1) is 12.2. The Balaban J connectivity index is 1.87. The van der Waals surface area contributed by atoms with E-state index in [1.165, 1.54) is 0 Å². The van der Waals surface area contributed by atoms with Crippen molar-refractivity contribution in [3.05, 3.63) is 65.4 Å². The van der Waals surface area contributed by atoms with Crippen LogP contribution in [0.5, 0.6) is 0 Å². The SMILES string of the molecule is CCOC(=O)c1ccc2ncn(-c3ccc4cccc(Cl)c4n3)c2c1. The summed E-state index contributed by atoms with van der Waals surface area (Å²) in [5.74, 6) is 0.329. The molecule has 0 atom stereocenters. The third-order valence-electron chi connectivity index (χ3n) is 3.96. The first-order valence-electron chi connectivity index (χ1n) is 7.87. The quantitative estimate of drug-likeness (QED) is 0.513. The molecule has 124 valence electrons. The van der Waals surface area contributed by atoms with E-state index in [9.17, 15) is 4.79 Å². The minimum absolute atomic E-state index is 0.334. The highest BCUT2D eigenvalue weighted by atomic mass is 35.5. The zero-order chi connectivity index (χ0) is 17.4. The van der Waals surface area contributed by atoms with Crippen LogP contribution in [0.3, 0.4) is 0 Å². The molecule has 25 heavy (non-hydrogen) atoms. The fourth-order valence-electron chi connectivity index (χ4n) is 2.77. The summed E-state index contributed by atoms with van der Waals surface area (Å²) in [5.41, 5.74) is 2.76. The number of hydrogen-bond donors (Lipinski definition) is 0. The van der Waals surface area contributed by atoms with E-state index in [1.54, 1.807) is 31.5 Å². The summed E-state index contributed by atoms with van der Waals surface area (Å²) in [4.78, 5) is 21.0. The highest BCUT2D eigenvalue weighted by molar-refractivity contribution is 6.35. The van der Waals surface area contributed by atoms with E-state index in [0.717, 1.165) is 21.9 Å². The van der Waals surface area contributed by atoms with Crippen LogP contribution in [0.1, 0.15) is 17.3 Å². The molecule has 0 fully saturated rings. The number of carbonyl (C=O) groups is 1. The average Bonchev–Trinajstić information content (AvgIpc) is 3.05. The lowest BCUT2D eigenvalue weighted by Gasteiger charge is -2.07. The molecule has 0 N–H and O–H groups in total. The zero-order valence-corrected chi connectivity index (χ0v) is 14.2. The molecule has 0 saturated carbocycles. The van der Waals surface area contributed by atoms with Gasteiger partial charge < -0.3 is 4.74 Å². The van der Waals surface area contributed by atoms with Gasteiger partial charge in [0.15, 0.2) is 0 Å². The molecule has 2 heterocycles. The number of pyridine rings is 1. The number of carbonyl (C=O) groups excluding carboxylic acids is 1. The predicted molar refractivity (Wildman–Crippen MR) is 97.3 cm³/mol. The maximum Gasteiger partial charge on any atom is 0.338 e. The van der Waals surface area contributed by atoms with Crippen LogP contribution < -0.4 is 0 Å². The molecule has 2 aromatic heterocycles. The van der Waals surface area contributed by atoms with Gasteiger partial charge in [-0.25, -0.2) is 14.8 Å². The second-order valence-corrected chi connectivity index (χ2v) is 5.93. The Morgan fingerprint density at radius 1 is 1.20 bits per heavy atom. The zero-order valence-electron chi connectivity index (χ0n) is 13.4. The minimum atomic E-state index is -0.355. The Bertz CT molecular complexity index is 1100. The van der Waals surface area contributed by atoms with Crippen molar-refractivity contribution in [2.24, 2.45) is 0 Å². The number of fused-ring (bicyclic) bond motifs is 2. The van der Waals surface area contributed by atoms with E-state index in [0.29, 0.717) is 23.0 Å². The Labute approximate surface area is 148 Å². The molecule has 0 bridgehead atoms. The summed E-state index contributed by atoms with van der Waals surface area (Å²) < 4.78 is 6.90. The van der Waals surface area contributed by atoms with E-state index < -0.39 is 0 Å². The van der Waals surface area contributed by atoms with Crippen LogP contribution in [0, 0.1) is 0 Å². The number of para-hydroxylation sites is 1. The average molecular weight is 352 g/mol. The molecule has 5 nitrogen and oxygen atoms in total. The Morgan fingerprint density at radius 3 is 2.92 bits per heavy atom. The number of ether oxygens (including phenoxy) is 1. The molecule has 6 heteroatoms. The lowest BCUT2D eigenvalue weighted by Crippen LogP contribution is -2.05. The maximum absolute atomic E-state index is 12.0. The molecular formula is C19H14ClN3O2. The van der Waals surface area contributed by atoms with Crippen molar-refractivity contribution < 1.29 is 9.53 Å². The van der Waals surface area contributed by atoms with Crippen LogP contribution in [-0.4, -0.2) is 27.1 Å². The van der Waals surface area contributed by atoms with Gasteiger partial charge in [0.05, 0.1) is 33.7 Å². The van der Waals surface area contributed by atoms with Crippen molar-refractivity contribution >= 4 is 39.5 Å². The lowest BCUT2D eigenvalue weighted by molar-refractivity contribution is 0.0526. The second-order valence-electron chi connectivity index (χ2n) is 5.52. The molecule has 0 radical (unpaired) electrons. The van der Waals surface area contributed by atoms with E-state index in [4.69, 9.17) is 16.3 Å². The summed E-state index contributed by atoms with van der Waals surface area (Å²) in [6, 6.07) is 14.8. The molecule has 0 aliphatic rings. The number of rotatable bonds is 3. The number of esters is 1. The molecule has 4 rings (SSSR count). The molecule has 0 unspecified atom stereocenters. The van der Waals surface area contributed by atoms with E-state index in [2.05, 4.69) is 9.97 Å². The minimum Gasteiger partial charge on any atom is -0.462 e. The van der Waals surface area contributed by atoms with E-state index in [1.807, 2.05) is 34.9 Å². The number of aromatic nitrogens is 3.